The molecule has 0 bridgehead atoms. The fourth-order valence-corrected chi connectivity index (χ4v) is 5.41. The summed E-state index contributed by atoms with van der Waals surface area (Å²) in [7, 11) is 0. The van der Waals surface area contributed by atoms with Crippen molar-refractivity contribution in [3.05, 3.63) is 16.8 Å². The van der Waals surface area contributed by atoms with Gasteiger partial charge in [-0.1, -0.05) is 11.6 Å². The number of rotatable bonds is 5. The van der Waals surface area contributed by atoms with Gasteiger partial charge in [-0.15, -0.1) is 10.2 Å². The lowest BCUT2D eigenvalue weighted by molar-refractivity contribution is -0.0334. The Labute approximate surface area is 193 Å². The number of aromatic nitrogens is 2. The van der Waals surface area contributed by atoms with Gasteiger partial charge in [-0.2, -0.15) is 0 Å². The first-order valence-corrected chi connectivity index (χ1v) is 12.0. The number of nitrogens with zero attached hydrogens (tertiary/aromatic N) is 3. The number of hydrogen-bond acceptors (Lipinski definition) is 7. The number of nitrogens with one attached hydrogen (secondary N) is 1. The third kappa shape index (κ3) is 6.70. The minimum atomic E-state index is -2.61. The Morgan fingerprint density at radius 2 is 1.56 bits per heavy atom. The zero-order valence-electron chi connectivity index (χ0n) is 18.4. The second-order valence-electron chi connectivity index (χ2n) is 9.10. The third-order valence-corrected chi connectivity index (χ3v) is 6.98. The van der Waals surface area contributed by atoms with Crippen molar-refractivity contribution in [2.75, 3.05) is 64.6 Å². The molecule has 0 spiro atoms. The summed E-state index contributed by atoms with van der Waals surface area (Å²) in [5, 5.41) is 10.8. The summed E-state index contributed by atoms with van der Waals surface area (Å²) in [4.78, 5) is 2.59. The molecule has 10 heteroatoms. The lowest BCUT2D eigenvalue weighted by Gasteiger charge is -2.27. The van der Waals surface area contributed by atoms with Crippen LogP contribution in [0.25, 0.3) is 0 Å². The summed E-state index contributed by atoms with van der Waals surface area (Å²) in [6, 6.07) is 1.38. The summed E-state index contributed by atoms with van der Waals surface area (Å²) in [5.74, 6) is 2.22. The minimum absolute atomic E-state index is 0.00195. The van der Waals surface area contributed by atoms with Crippen molar-refractivity contribution in [2.45, 2.75) is 38.2 Å². The van der Waals surface area contributed by atoms with Crippen LogP contribution in [-0.2, 0) is 14.2 Å². The molecule has 3 saturated heterocycles. The van der Waals surface area contributed by atoms with Gasteiger partial charge in [-0.05, 0) is 49.5 Å². The van der Waals surface area contributed by atoms with E-state index >= 15 is 0 Å². The number of hydrogen-bond donors (Lipinski definition) is 1. The summed E-state index contributed by atoms with van der Waals surface area (Å²) >= 11 is 5.70. The van der Waals surface area contributed by atoms with Gasteiger partial charge in [0.15, 0.2) is 11.0 Å². The van der Waals surface area contributed by atoms with Gasteiger partial charge < -0.3 is 24.4 Å². The zero-order chi connectivity index (χ0) is 22.3. The highest BCUT2D eigenvalue weighted by Crippen LogP contribution is 2.40. The second-order valence-corrected chi connectivity index (χ2v) is 9.49. The second kappa shape index (κ2) is 11.8. The smallest absolute Gasteiger partial charge is 0.267 e. The Morgan fingerprint density at radius 1 is 0.969 bits per heavy atom. The summed E-state index contributed by atoms with van der Waals surface area (Å²) in [6.45, 7) is 8.31. The topological polar surface area (TPSA) is 68.7 Å². The molecule has 4 fully saturated rings. The molecule has 32 heavy (non-hydrogen) atoms. The first kappa shape index (κ1) is 24.0. The molecule has 180 valence electrons. The molecule has 2 atom stereocenters. The van der Waals surface area contributed by atoms with Crippen LogP contribution in [0, 0.1) is 17.8 Å². The minimum Gasteiger partial charge on any atom is -0.381 e. The standard InChI is InChI=1S/C18H25ClF2N4O.C4H8O2/c19-16-7-15(17(20)21)18(24-23-16)22-14-5-12-9-25(10-13(12)6-14)8-11-1-3-26-4-2-11;1-2-6-4-3-5-1/h7,11-14,17H,1-6,8-10H2,(H,22,24);1-4H2/t12-,13-;/m1./s1. The van der Waals surface area contributed by atoms with Crippen LogP contribution in [0.4, 0.5) is 14.6 Å². The third-order valence-electron chi connectivity index (χ3n) is 6.80. The Kier molecular flexibility index (Phi) is 8.88. The Bertz CT molecular complexity index is 697. The van der Waals surface area contributed by atoms with Crippen molar-refractivity contribution in [3.8, 4) is 0 Å². The molecule has 1 saturated carbocycles. The lowest BCUT2D eigenvalue weighted by Crippen LogP contribution is -2.32. The van der Waals surface area contributed by atoms with E-state index in [0.717, 1.165) is 71.5 Å². The van der Waals surface area contributed by atoms with Gasteiger partial charge in [0.25, 0.3) is 6.43 Å². The fraction of sp³-hybridized carbons (Fsp3) is 0.818. The molecule has 4 heterocycles. The van der Waals surface area contributed by atoms with Crippen LogP contribution in [0.5, 0.6) is 0 Å². The Hall–Kier alpha value is -1.13. The van der Waals surface area contributed by atoms with Crippen molar-refractivity contribution in [1.82, 2.24) is 15.1 Å². The highest BCUT2D eigenvalue weighted by molar-refractivity contribution is 6.29. The molecular weight excluding hydrogens is 442 g/mol. The highest BCUT2D eigenvalue weighted by Gasteiger charge is 2.41. The number of ether oxygens (including phenoxy) is 3. The average molecular weight is 475 g/mol. The molecule has 1 aromatic heterocycles. The van der Waals surface area contributed by atoms with E-state index in [1.54, 1.807) is 0 Å². The maximum atomic E-state index is 13.2. The molecular formula is C22H33ClF2N4O3. The van der Waals surface area contributed by atoms with E-state index in [2.05, 4.69) is 20.4 Å². The normalized spacial score (nSPS) is 27.2. The first-order valence-electron chi connectivity index (χ1n) is 11.6. The molecule has 3 aliphatic heterocycles. The molecule has 4 aliphatic rings. The van der Waals surface area contributed by atoms with Crippen molar-refractivity contribution in [1.29, 1.82) is 0 Å². The predicted molar refractivity (Wildman–Crippen MR) is 117 cm³/mol. The molecule has 1 aromatic rings. The Balaban J connectivity index is 0.000000354. The van der Waals surface area contributed by atoms with Crippen molar-refractivity contribution in [3.63, 3.8) is 0 Å². The number of alkyl halides is 2. The molecule has 0 unspecified atom stereocenters. The SMILES string of the molecule is C1COCCO1.FC(F)c1cc(Cl)nnc1NC1C[C@@H]2CN(CC3CCOCC3)C[C@H]2C1. The van der Waals surface area contributed by atoms with Crippen LogP contribution in [0.3, 0.4) is 0 Å². The maximum absolute atomic E-state index is 13.2. The van der Waals surface area contributed by atoms with E-state index in [-0.39, 0.29) is 22.6 Å². The lowest BCUT2D eigenvalue weighted by atomic mass is 10.00. The van der Waals surface area contributed by atoms with Gasteiger partial charge >= 0.3 is 0 Å². The van der Waals surface area contributed by atoms with Gasteiger partial charge in [-0.25, -0.2) is 8.78 Å². The van der Waals surface area contributed by atoms with Crippen LogP contribution < -0.4 is 5.32 Å². The molecule has 1 aliphatic carbocycles. The number of likely N-dealkylation sites (tertiary alicyclic amines) is 1. The predicted octanol–water partition coefficient (Wildman–Crippen LogP) is 3.65. The highest BCUT2D eigenvalue weighted by atomic mass is 35.5. The van der Waals surface area contributed by atoms with Crippen LogP contribution in [0.1, 0.15) is 37.7 Å². The van der Waals surface area contributed by atoms with E-state index in [9.17, 15) is 8.78 Å². The zero-order valence-corrected chi connectivity index (χ0v) is 19.1. The van der Waals surface area contributed by atoms with Crippen molar-refractivity contribution < 1.29 is 23.0 Å². The van der Waals surface area contributed by atoms with Crippen molar-refractivity contribution in [2.24, 2.45) is 17.8 Å². The van der Waals surface area contributed by atoms with Crippen LogP contribution in [0.15, 0.2) is 6.07 Å². The van der Waals surface area contributed by atoms with Crippen LogP contribution in [-0.4, -0.2) is 80.4 Å². The van der Waals surface area contributed by atoms with E-state index in [4.69, 9.17) is 25.8 Å². The van der Waals surface area contributed by atoms with Crippen LogP contribution >= 0.6 is 11.6 Å². The fourth-order valence-electron chi connectivity index (χ4n) is 5.25. The van der Waals surface area contributed by atoms with Gasteiger partial charge in [0, 0.05) is 38.9 Å². The number of fused-ring (bicyclic) bond motifs is 1. The molecule has 0 radical (unpaired) electrons. The molecule has 1 N–H and O–H groups in total. The van der Waals surface area contributed by atoms with Crippen molar-refractivity contribution >= 4 is 17.4 Å². The molecule has 0 amide bonds. The largest absolute Gasteiger partial charge is 0.381 e. The quantitative estimate of drug-likeness (QED) is 0.698. The number of anilines is 1. The van der Waals surface area contributed by atoms with E-state index < -0.39 is 6.43 Å². The average Bonchev–Trinajstić information content (AvgIpc) is 3.35. The first-order chi connectivity index (χ1) is 15.6. The Morgan fingerprint density at radius 3 is 2.12 bits per heavy atom. The maximum Gasteiger partial charge on any atom is 0.267 e. The summed E-state index contributed by atoms with van der Waals surface area (Å²) in [6.07, 6.45) is 1.73. The number of halogens is 3. The molecule has 7 nitrogen and oxygen atoms in total. The van der Waals surface area contributed by atoms with Gasteiger partial charge in [0.05, 0.1) is 32.0 Å². The van der Waals surface area contributed by atoms with E-state index in [1.807, 2.05) is 0 Å². The molecule has 5 rings (SSSR count). The van der Waals surface area contributed by atoms with Gasteiger partial charge in [0.2, 0.25) is 0 Å². The van der Waals surface area contributed by atoms with Crippen LogP contribution in [0.2, 0.25) is 5.15 Å². The summed E-state index contributed by atoms with van der Waals surface area (Å²) < 4.78 is 41.7. The molecule has 0 aromatic carbocycles. The summed E-state index contributed by atoms with van der Waals surface area (Å²) in [5.41, 5.74) is -0.164. The van der Waals surface area contributed by atoms with Gasteiger partial charge in [-0.3, -0.25) is 0 Å². The van der Waals surface area contributed by atoms with E-state index in [1.165, 1.54) is 25.5 Å². The van der Waals surface area contributed by atoms with Gasteiger partial charge in [0.1, 0.15) is 0 Å². The van der Waals surface area contributed by atoms with E-state index in [0.29, 0.717) is 11.8 Å². The monoisotopic (exact) mass is 474 g/mol.